The first-order valence-electron chi connectivity index (χ1n) is 7.89. The number of rotatable bonds is 4. The van der Waals surface area contributed by atoms with Crippen molar-refractivity contribution in [2.45, 2.75) is 20.4 Å². The summed E-state index contributed by atoms with van der Waals surface area (Å²) in [5, 5.41) is 0.670. The molecule has 0 saturated heterocycles. The van der Waals surface area contributed by atoms with Crippen LogP contribution in [-0.2, 0) is 16.1 Å². The quantitative estimate of drug-likeness (QED) is 0.691. The molecule has 1 heterocycles. The van der Waals surface area contributed by atoms with Gasteiger partial charge in [0.2, 0.25) is 0 Å². The molecule has 0 aliphatic heterocycles. The van der Waals surface area contributed by atoms with Gasteiger partial charge in [-0.25, -0.2) is 0 Å². The van der Waals surface area contributed by atoms with E-state index >= 15 is 0 Å². The number of benzene rings is 2. The third kappa shape index (κ3) is 3.23. The van der Waals surface area contributed by atoms with Gasteiger partial charge >= 0.3 is 5.97 Å². The Morgan fingerprint density at radius 2 is 1.83 bits per heavy atom. The number of carbonyl (C=O) groups is 1. The van der Waals surface area contributed by atoms with Crippen molar-refractivity contribution < 1.29 is 9.53 Å². The minimum absolute atomic E-state index is 0.00686. The standard InChI is InChI=1S/C20H19NO3/c1-14-8-9-17-19(12-14)21(10-11-24-15(2)22)18(13-20(17)23)16-6-4-3-5-7-16/h3-9,12-13H,10-11H2,1-2H3. The smallest absolute Gasteiger partial charge is 0.302 e. The maximum absolute atomic E-state index is 12.5. The van der Waals surface area contributed by atoms with Crippen LogP contribution in [0.2, 0.25) is 0 Å². The van der Waals surface area contributed by atoms with Gasteiger partial charge in [0.15, 0.2) is 5.43 Å². The van der Waals surface area contributed by atoms with Crippen molar-refractivity contribution in [3.63, 3.8) is 0 Å². The Bertz CT molecular complexity index is 942. The predicted octanol–water partition coefficient (Wildman–Crippen LogP) is 3.54. The second-order valence-corrected chi connectivity index (χ2v) is 5.77. The molecule has 0 amide bonds. The van der Waals surface area contributed by atoms with Gasteiger partial charge in [-0.1, -0.05) is 36.4 Å². The van der Waals surface area contributed by atoms with E-state index in [0.29, 0.717) is 11.9 Å². The van der Waals surface area contributed by atoms with Gasteiger partial charge in [0.1, 0.15) is 6.61 Å². The van der Waals surface area contributed by atoms with Gasteiger partial charge in [-0.05, 0) is 30.2 Å². The summed E-state index contributed by atoms with van der Waals surface area (Å²) < 4.78 is 7.15. The predicted molar refractivity (Wildman–Crippen MR) is 95.0 cm³/mol. The highest BCUT2D eigenvalue weighted by atomic mass is 16.5. The Hall–Kier alpha value is -2.88. The third-order valence-electron chi connectivity index (χ3n) is 3.96. The summed E-state index contributed by atoms with van der Waals surface area (Å²) in [5.74, 6) is -0.308. The molecule has 3 aromatic rings. The molecular formula is C20H19NO3. The Kier molecular flexibility index (Phi) is 4.47. The highest BCUT2D eigenvalue weighted by Crippen LogP contribution is 2.23. The normalized spacial score (nSPS) is 10.8. The molecule has 0 spiro atoms. The van der Waals surface area contributed by atoms with Crippen LogP contribution in [0.25, 0.3) is 22.2 Å². The summed E-state index contributed by atoms with van der Waals surface area (Å²) in [5.41, 5.74) is 3.71. The molecule has 0 bridgehead atoms. The summed E-state index contributed by atoms with van der Waals surface area (Å²) in [7, 11) is 0. The molecule has 0 unspecified atom stereocenters. The van der Waals surface area contributed by atoms with E-state index in [2.05, 4.69) is 0 Å². The van der Waals surface area contributed by atoms with Crippen LogP contribution in [0.1, 0.15) is 12.5 Å². The lowest BCUT2D eigenvalue weighted by molar-refractivity contribution is -0.141. The lowest BCUT2D eigenvalue weighted by Gasteiger charge is -2.17. The minimum atomic E-state index is -0.308. The summed E-state index contributed by atoms with van der Waals surface area (Å²) in [6, 6.07) is 17.2. The minimum Gasteiger partial charge on any atom is -0.464 e. The second-order valence-electron chi connectivity index (χ2n) is 5.77. The van der Waals surface area contributed by atoms with Crippen LogP contribution in [0.15, 0.2) is 59.4 Å². The van der Waals surface area contributed by atoms with Crippen LogP contribution >= 0.6 is 0 Å². The molecule has 2 aromatic carbocycles. The lowest BCUT2D eigenvalue weighted by Crippen LogP contribution is -2.16. The zero-order valence-electron chi connectivity index (χ0n) is 13.8. The molecule has 4 nitrogen and oxygen atoms in total. The number of carbonyl (C=O) groups excluding carboxylic acids is 1. The Morgan fingerprint density at radius 1 is 1.08 bits per heavy atom. The van der Waals surface area contributed by atoms with Gasteiger partial charge in [-0.3, -0.25) is 9.59 Å². The summed E-state index contributed by atoms with van der Waals surface area (Å²) in [4.78, 5) is 23.6. The van der Waals surface area contributed by atoms with E-state index < -0.39 is 0 Å². The van der Waals surface area contributed by atoms with E-state index in [-0.39, 0.29) is 18.0 Å². The van der Waals surface area contributed by atoms with Crippen LogP contribution in [0.3, 0.4) is 0 Å². The highest BCUT2D eigenvalue weighted by molar-refractivity contribution is 5.83. The number of ether oxygens (including phenoxy) is 1. The van der Waals surface area contributed by atoms with Gasteiger partial charge in [0.25, 0.3) is 0 Å². The van der Waals surface area contributed by atoms with Crippen LogP contribution < -0.4 is 5.43 Å². The maximum atomic E-state index is 12.5. The van der Waals surface area contributed by atoms with Crippen LogP contribution in [0, 0.1) is 6.92 Å². The van der Waals surface area contributed by atoms with Crippen molar-refractivity contribution in [2.24, 2.45) is 0 Å². The molecule has 122 valence electrons. The van der Waals surface area contributed by atoms with Gasteiger partial charge in [0.05, 0.1) is 17.8 Å². The van der Waals surface area contributed by atoms with Crippen LogP contribution in [0.4, 0.5) is 0 Å². The third-order valence-corrected chi connectivity index (χ3v) is 3.96. The zero-order chi connectivity index (χ0) is 17.1. The van der Waals surface area contributed by atoms with Gasteiger partial charge < -0.3 is 9.30 Å². The van der Waals surface area contributed by atoms with Crippen molar-refractivity contribution in [1.82, 2.24) is 4.57 Å². The van der Waals surface area contributed by atoms with E-state index in [0.717, 1.165) is 22.3 Å². The number of esters is 1. The molecule has 0 fully saturated rings. The van der Waals surface area contributed by atoms with Crippen LogP contribution in [-0.4, -0.2) is 17.1 Å². The molecular weight excluding hydrogens is 302 g/mol. The van der Waals surface area contributed by atoms with Gasteiger partial charge in [0, 0.05) is 18.4 Å². The van der Waals surface area contributed by atoms with E-state index in [9.17, 15) is 9.59 Å². The van der Waals surface area contributed by atoms with E-state index in [4.69, 9.17) is 4.74 Å². The molecule has 1 aromatic heterocycles. The Balaban J connectivity index is 2.21. The van der Waals surface area contributed by atoms with E-state index in [1.807, 2.05) is 60.0 Å². The second kappa shape index (κ2) is 6.71. The van der Waals surface area contributed by atoms with E-state index in [1.54, 1.807) is 6.07 Å². The topological polar surface area (TPSA) is 48.3 Å². The number of nitrogens with zero attached hydrogens (tertiary/aromatic N) is 1. The monoisotopic (exact) mass is 321 g/mol. The molecule has 0 N–H and O–H groups in total. The molecule has 0 aliphatic rings. The molecule has 4 heteroatoms. The molecule has 0 radical (unpaired) electrons. The van der Waals surface area contributed by atoms with Crippen molar-refractivity contribution >= 4 is 16.9 Å². The summed E-state index contributed by atoms with van der Waals surface area (Å²) in [6.07, 6.45) is 0. The number of aryl methyl sites for hydroxylation is 1. The van der Waals surface area contributed by atoms with Gasteiger partial charge in [-0.15, -0.1) is 0 Å². The number of aromatic nitrogens is 1. The number of fused-ring (bicyclic) bond motifs is 1. The fourth-order valence-electron chi connectivity index (χ4n) is 2.85. The average molecular weight is 321 g/mol. The first-order chi connectivity index (χ1) is 11.6. The average Bonchev–Trinajstić information content (AvgIpc) is 2.57. The van der Waals surface area contributed by atoms with Gasteiger partial charge in [-0.2, -0.15) is 0 Å². The van der Waals surface area contributed by atoms with Crippen molar-refractivity contribution in [2.75, 3.05) is 6.61 Å². The number of hydrogen-bond donors (Lipinski definition) is 0. The van der Waals surface area contributed by atoms with Crippen molar-refractivity contribution in [1.29, 1.82) is 0 Å². The summed E-state index contributed by atoms with van der Waals surface area (Å²) in [6.45, 7) is 4.15. The first kappa shape index (κ1) is 16.0. The molecule has 24 heavy (non-hydrogen) atoms. The molecule has 3 rings (SSSR count). The molecule has 0 saturated carbocycles. The maximum Gasteiger partial charge on any atom is 0.302 e. The molecule has 0 aliphatic carbocycles. The Labute approximate surface area is 140 Å². The fourth-order valence-corrected chi connectivity index (χ4v) is 2.85. The zero-order valence-corrected chi connectivity index (χ0v) is 13.8. The fraction of sp³-hybridized carbons (Fsp3) is 0.200. The first-order valence-corrected chi connectivity index (χ1v) is 7.89. The molecule has 0 atom stereocenters. The summed E-state index contributed by atoms with van der Waals surface area (Å²) >= 11 is 0. The SMILES string of the molecule is CC(=O)OCCn1c(-c2ccccc2)cc(=O)c2ccc(C)cc21. The lowest BCUT2D eigenvalue weighted by atomic mass is 10.1. The largest absolute Gasteiger partial charge is 0.464 e. The highest BCUT2D eigenvalue weighted by Gasteiger charge is 2.11. The number of hydrogen-bond acceptors (Lipinski definition) is 3. The van der Waals surface area contributed by atoms with Crippen molar-refractivity contribution in [3.05, 3.63) is 70.4 Å². The van der Waals surface area contributed by atoms with Crippen LogP contribution in [0.5, 0.6) is 0 Å². The Morgan fingerprint density at radius 3 is 2.54 bits per heavy atom. The number of pyridine rings is 1. The van der Waals surface area contributed by atoms with E-state index in [1.165, 1.54) is 6.92 Å². The van der Waals surface area contributed by atoms with Crippen molar-refractivity contribution in [3.8, 4) is 11.3 Å².